The van der Waals surface area contributed by atoms with E-state index >= 15 is 0 Å². The van der Waals surface area contributed by atoms with Crippen LogP contribution < -0.4 is 22.4 Å². The van der Waals surface area contributed by atoms with Gasteiger partial charge < -0.3 is 40.7 Å². The van der Waals surface area contributed by atoms with E-state index in [9.17, 15) is 38.8 Å². The maximum atomic E-state index is 14.9. The molecule has 0 aromatic carbocycles. The number of anilines is 2. The fraction of sp³-hybridized carbons (Fsp3) is 0.778. The monoisotopic (exact) mass is 802 g/mol. The van der Waals surface area contributed by atoms with Crippen molar-refractivity contribution in [2.45, 2.75) is 159 Å². The van der Waals surface area contributed by atoms with Crippen LogP contribution in [0.1, 0.15) is 129 Å². The second-order valence-corrected chi connectivity index (χ2v) is 15.9. The van der Waals surface area contributed by atoms with Gasteiger partial charge in [-0.05, 0) is 12.5 Å². The lowest BCUT2D eigenvalue weighted by atomic mass is 10.0. The molecule has 0 bridgehead atoms. The van der Waals surface area contributed by atoms with Crippen molar-refractivity contribution in [2.24, 2.45) is 0 Å². The number of hydrogen-bond acceptors (Lipinski definition) is 14. The van der Waals surface area contributed by atoms with Crippen molar-refractivity contribution >= 4 is 19.5 Å². The van der Waals surface area contributed by atoms with Gasteiger partial charge in [0.2, 0.25) is 0 Å². The molecule has 4 rings (SSSR count). The molecule has 19 heteroatoms. The molecule has 0 radical (unpaired) electrons. The number of halogens is 1. The number of phosphoric acid groups is 1. The number of ether oxygens (including phenoxy) is 2. The molecular weight excluding hydrogens is 742 g/mol. The van der Waals surface area contributed by atoms with Crippen molar-refractivity contribution in [3.63, 3.8) is 0 Å². The van der Waals surface area contributed by atoms with Crippen molar-refractivity contribution in [3.05, 3.63) is 45.2 Å². The topological polar surface area (TPSA) is 243 Å². The molecule has 0 saturated carbocycles. The number of nitrogens with one attached hydrogen (secondary N) is 1. The Morgan fingerprint density at radius 3 is 1.96 bits per heavy atom. The highest BCUT2D eigenvalue weighted by molar-refractivity contribution is 7.47. The Balaban J connectivity index is 1.10. The van der Waals surface area contributed by atoms with Crippen molar-refractivity contribution < 1.29 is 47.7 Å². The second-order valence-electron chi connectivity index (χ2n) is 14.4. The normalized spacial score (nSPS) is 25.0. The summed E-state index contributed by atoms with van der Waals surface area (Å²) in [6.07, 6.45) is 12.5. The standard InChI is InChI=1S/C36H60FN6O11P/c1-2-3-4-5-6-7-8-9-10-11-12-13-14-15-16-17-19-39-33-25(37)22-43(36(48)41-33)30-21-26(44)27(53-30)23-51-55(49,50)52-24-28-31(45)32(46)34(54-28)42-20-18-29(38)40-35(42)47/h18,20,22,26-28,30-32,34,44-46H,2-17,19,21,23-24H2,1H3,(H,49,50)(H2,38,40,47)(H,39,41,48). The Morgan fingerprint density at radius 2 is 1.38 bits per heavy atom. The van der Waals surface area contributed by atoms with Gasteiger partial charge in [-0.25, -0.2) is 18.5 Å². The van der Waals surface area contributed by atoms with E-state index in [1.54, 1.807) is 0 Å². The molecule has 2 fully saturated rings. The molecule has 2 aromatic heterocycles. The van der Waals surface area contributed by atoms with Crippen molar-refractivity contribution in [3.8, 4) is 0 Å². The minimum atomic E-state index is -4.84. The van der Waals surface area contributed by atoms with Crippen LogP contribution >= 0.6 is 7.82 Å². The van der Waals surface area contributed by atoms with Crippen LogP contribution in [-0.4, -0.2) is 89.6 Å². The number of nitrogens with two attached hydrogens (primary N) is 1. The largest absolute Gasteiger partial charge is 0.472 e. The lowest BCUT2D eigenvalue weighted by Crippen LogP contribution is -2.36. The Morgan fingerprint density at radius 1 is 0.836 bits per heavy atom. The molecule has 312 valence electrons. The first-order chi connectivity index (χ1) is 26.4. The van der Waals surface area contributed by atoms with Gasteiger partial charge in [0.1, 0.15) is 36.5 Å². The molecule has 0 amide bonds. The average Bonchev–Trinajstić information content (AvgIpc) is 3.66. The minimum absolute atomic E-state index is 0.0626. The third-order valence-corrected chi connectivity index (χ3v) is 11.0. The van der Waals surface area contributed by atoms with Crippen LogP contribution in [0.5, 0.6) is 0 Å². The van der Waals surface area contributed by atoms with Gasteiger partial charge in [0, 0.05) is 19.2 Å². The van der Waals surface area contributed by atoms with Gasteiger partial charge in [-0.1, -0.05) is 103 Å². The summed E-state index contributed by atoms with van der Waals surface area (Å²) in [4.78, 5) is 42.5. The summed E-state index contributed by atoms with van der Waals surface area (Å²) < 4.78 is 50.3. The first-order valence-electron chi connectivity index (χ1n) is 19.7. The Labute approximate surface area is 321 Å². The van der Waals surface area contributed by atoms with E-state index in [0.717, 1.165) is 34.6 Å². The molecule has 2 aliphatic heterocycles. The molecule has 4 heterocycles. The van der Waals surface area contributed by atoms with Gasteiger partial charge in [0.15, 0.2) is 17.9 Å². The summed E-state index contributed by atoms with van der Waals surface area (Å²) in [5.74, 6) is -1.01. The summed E-state index contributed by atoms with van der Waals surface area (Å²) in [5, 5.41) is 34.1. The first kappa shape index (κ1) is 44.9. The van der Waals surface area contributed by atoms with Crippen LogP contribution in [0.3, 0.4) is 0 Å². The smallest absolute Gasteiger partial charge is 0.390 e. The van der Waals surface area contributed by atoms with Crippen molar-refractivity contribution in [2.75, 3.05) is 30.8 Å². The number of aliphatic hydroxyl groups is 3. The second kappa shape index (κ2) is 22.8. The fourth-order valence-electron chi connectivity index (χ4n) is 6.78. The van der Waals surface area contributed by atoms with E-state index < -0.39 is 81.2 Å². The van der Waals surface area contributed by atoms with E-state index in [-0.39, 0.29) is 18.1 Å². The number of phosphoric ester groups is 1. The quantitative estimate of drug-likeness (QED) is 0.0574. The van der Waals surface area contributed by atoms with E-state index in [4.69, 9.17) is 24.3 Å². The number of nitrogens with zero attached hydrogens (tertiary/aromatic N) is 4. The van der Waals surface area contributed by atoms with Crippen LogP contribution in [0.4, 0.5) is 16.0 Å². The zero-order valence-electron chi connectivity index (χ0n) is 31.8. The highest BCUT2D eigenvalue weighted by atomic mass is 31.2. The average molecular weight is 803 g/mol. The Kier molecular flexibility index (Phi) is 18.6. The number of aromatic nitrogens is 4. The molecule has 2 aromatic rings. The predicted octanol–water partition coefficient (Wildman–Crippen LogP) is 4.30. The minimum Gasteiger partial charge on any atom is -0.390 e. The van der Waals surface area contributed by atoms with Crippen LogP contribution in [0, 0.1) is 5.82 Å². The van der Waals surface area contributed by atoms with Crippen LogP contribution in [-0.2, 0) is 23.1 Å². The van der Waals surface area contributed by atoms with Gasteiger partial charge in [0.25, 0.3) is 0 Å². The van der Waals surface area contributed by atoms with E-state index in [1.165, 1.54) is 95.7 Å². The van der Waals surface area contributed by atoms with Gasteiger partial charge >= 0.3 is 19.2 Å². The highest BCUT2D eigenvalue weighted by Gasteiger charge is 2.45. The Bertz CT molecular complexity index is 1620. The van der Waals surface area contributed by atoms with Gasteiger partial charge in [-0.15, -0.1) is 0 Å². The van der Waals surface area contributed by atoms with E-state index in [0.29, 0.717) is 6.54 Å². The molecule has 0 spiro atoms. The molecule has 55 heavy (non-hydrogen) atoms. The molecule has 2 aliphatic rings. The summed E-state index contributed by atoms with van der Waals surface area (Å²) in [6, 6.07) is 1.28. The molecule has 17 nitrogen and oxygen atoms in total. The highest BCUT2D eigenvalue weighted by Crippen LogP contribution is 2.45. The molecule has 8 unspecified atom stereocenters. The Hall–Kier alpha value is -2.80. The molecule has 0 aliphatic carbocycles. The van der Waals surface area contributed by atoms with E-state index in [1.807, 2.05) is 0 Å². The summed E-state index contributed by atoms with van der Waals surface area (Å²) in [7, 11) is -4.84. The SMILES string of the molecule is CCCCCCCCCCCCCCCCCCNc1nc(=O)n(C2CC(O)C(COP(=O)(O)OCC3OC(n4ccc(N)nc4=O)C(O)C3O)O2)cc1F. The van der Waals surface area contributed by atoms with Crippen LogP contribution in [0.15, 0.2) is 28.0 Å². The third kappa shape index (κ3) is 14.3. The third-order valence-electron chi connectivity index (χ3n) is 10.0. The maximum absolute atomic E-state index is 14.9. The number of aliphatic hydroxyl groups excluding tert-OH is 3. The van der Waals surface area contributed by atoms with Crippen LogP contribution in [0.2, 0.25) is 0 Å². The summed E-state index contributed by atoms with van der Waals surface area (Å²) >= 11 is 0. The zero-order chi connectivity index (χ0) is 39.8. The molecule has 8 atom stereocenters. The number of rotatable bonds is 26. The fourth-order valence-corrected chi connectivity index (χ4v) is 7.53. The molecule has 7 N–H and O–H groups in total. The molecule has 2 saturated heterocycles. The number of hydrogen-bond donors (Lipinski definition) is 6. The van der Waals surface area contributed by atoms with E-state index in [2.05, 4.69) is 22.2 Å². The molecular formula is C36H60FN6O11P. The van der Waals surface area contributed by atoms with Crippen LogP contribution in [0.25, 0.3) is 0 Å². The lowest BCUT2D eigenvalue weighted by molar-refractivity contribution is -0.0618. The number of unbranched alkanes of at least 4 members (excludes halogenated alkanes) is 15. The predicted molar refractivity (Wildman–Crippen MR) is 202 cm³/mol. The van der Waals surface area contributed by atoms with Crippen molar-refractivity contribution in [1.82, 2.24) is 19.1 Å². The zero-order valence-corrected chi connectivity index (χ0v) is 32.6. The van der Waals surface area contributed by atoms with Gasteiger partial charge in [-0.3, -0.25) is 18.2 Å². The van der Waals surface area contributed by atoms with Gasteiger partial charge in [-0.2, -0.15) is 9.97 Å². The summed E-state index contributed by atoms with van der Waals surface area (Å²) in [5.41, 5.74) is 3.82. The first-order valence-corrected chi connectivity index (χ1v) is 21.2. The van der Waals surface area contributed by atoms with Crippen molar-refractivity contribution in [1.29, 1.82) is 0 Å². The van der Waals surface area contributed by atoms with Gasteiger partial charge in [0.05, 0.1) is 25.5 Å². The maximum Gasteiger partial charge on any atom is 0.472 e. The lowest BCUT2D eigenvalue weighted by Gasteiger charge is -2.20. The number of nitrogen functional groups attached to an aromatic ring is 1. The summed E-state index contributed by atoms with van der Waals surface area (Å²) in [6.45, 7) is 1.33.